The highest BCUT2D eigenvalue weighted by Gasteiger charge is 2.18. The summed E-state index contributed by atoms with van der Waals surface area (Å²) in [7, 11) is 0. The smallest absolute Gasteiger partial charge is 0.306 e. The van der Waals surface area contributed by atoms with Crippen LogP contribution in [0.25, 0.3) is 0 Å². The van der Waals surface area contributed by atoms with Crippen LogP contribution in [0.5, 0.6) is 0 Å². The molecule has 0 N–H and O–H groups in total. The molecule has 1 unspecified atom stereocenters. The first-order valence-corrected chi connectivity index (χ1v) is 31.8. The molecule has 1 atom stereocenters. The molecule has 0 heterocycles. The Morgan fingerprint density at radius 3 is 1.01 bits per heavy atom. The van der Waals surface area contributed by atoms with Gasteiger partial charge in [0.25, 0.3) is 0 Å². The lowest BCUT2D eigenvalue weighted by Crippen LogP contribution is -2.30. The SMILES string of the molecule is CC/C=C\C/C=C\C/C=C\C/C=C\CCCCCCCCC(=O)OCC(COCCCCCCCCCC/C=C\CCCCCCCC)OC(=O)CCCCCCCCCCCCCCCCCCCCC. The van der Waals surface area contributed by atoms with E-state index in [0.717, 1.165) is 77.0 Å². The Bertz CT molecular complexity index is 1230. The molecule has 0 saturated carbocycles. The van der Waals surface area contributed by atoms with Crippen LogP contribution in [0.2, 0.25) is 0 Å². The van der Waals surface area contributed by atoms with Crippen LogP contribution >= 0.6 is 0 Å². The second-order valence-electron chi connectivity index (χ2n) is 21.3. The molecule has 0 amide bonds. The van der Waals surface area contributed by atoms with Crippen molar-refractivity contribution in [2.75, 3.05) is 19.8 Å². The summed E-state index contributed by atoms with van der Waals surface area (Å²) in [6.07, 6.45) is 81.1. The van der Waals surface area contributed by atoms with Gasteiger partial charge >= 0.3 is 11.9 Å². The monoisotopic (exact) mass is 1010 g/mol. The van der Waals surface area contributed by atoms with Gasteiger partial charge in [0, 0.05) is 19.4 Å². The van der Waals surface area contributed by atoms with E-state index in [0.29, 0.717) is 19.4 Å². The Hall–Kier alpha value is -2.40. The van der Waals surface area contributed by atoms with Crippen molar-refractivity contribution in [2.45, 2.75) is 335 Å². The van der Waals surface area contributed by atoms with Crippen molar-refractivity contribution in [1.82, 2.24) is 0 Å². The van der Waals surface area contributed by atoms with E-state index in [1.165, 1.54) is 218 Å². The summed E-state index contributed by atoms with van der Waals surface area (Å²) in [5, 5.41) is 0. The van der Waals surface area contributed by atoms with Crippen molar-refractivity contribution >= 4 is 11.9 Å². The second-order valence-corrected chi connectivity index (χ2v) is 21.3. The molecule has 0 fully saturated rings. The lowest BCUT2D eigenvalue weighted by Gasteiger charge is -2.18. The number of unbranched alkanes of at least 4 members (excludes halogenated alkanes) is 38. The Morgan fingerprint density at radius 1 is 0.319 bits per heavy atom. The lowest BCUT2D eigenvalue weighted by molar-refractivity contribution is -0.163. The van der Waals surface area contributed by atoms with E-state index < -0.39 is 6.10 Å². The van der Waals surface area contributed by atoms with E-state index in [1.54, 1.807) is 0 Å². The first-order valence-electron chi connectivity index (χ1n) is 31.8. The summed E-state index contributed by atoms with van der Waals surface area (Å²) in [6, 6.07) is 0. The molecule has 420 valence electrons. The van der Waals surface area contributed by atoms with Gasteiger partial charge in [-0.25, -0.2) is 0 Å². The van der Waals surface area contributed by atoms with Crippen molar-refractivity contribution in [2.24, 2.45) is 0 Å². The van der Waals surface area contributed by atoms with Crippen LogP contribution in [0, 0.1) is 0 Å². The number of carbonyl (C=O) groups excluding carboxylic acids is 2. The largest absolute Gasteiger partial charge is 0.462 e. The molecule has 0 spiro atoms. The molecule has 0 aliphatic rings. The first kappa shape index (κ1) is 69.6. The Morgan fingerprint density at radius 2 is 0.625 bits per heavy atom. The first-order chi connectivity index (χ1) is 35.6. The topological polar surface area (TPSA) is 61.8 Å². The highest BCUT2D eigenvalue weighted by Crippen LogP contribution is 2.17. The number of hydrogen-bond acceptors (Lipinski definition) is 5. The summed E-state index contributed by atoms with van der Waals surface area (Å²) in [5.41, 5.74) is 0. The van der Waals surface area contributed by atoms with Crippen LogP contribution in [0.4, 0.5) is 0 Å². The molecule has 5 nitrogen and oxygen atoms in total. The predicted molar refractivity (Wildman–Crippen MR) is 316 cm³/mol. The van der Waals surface area contributed by atoms with Crippen molar-refractivity contribution < 1.29 is 23.8 Å². The van der Waals surface area contributed by atoms with Gasteiger partial charge in [0.05, 0.1) is 6.61 Å². The highest BCUT2D eigenvalue weighted by atomic mass is 16.6. The molecule has 0 aliphatic heterocycles. The third kappa shape index (κ3) is 60.2. The van der Waals surface area contributed by atoms with Crippen LogP contribution in [0.3, 0.4) is 0 Å². The Labute approximate surface area is 449 Å². The quantitative estimate of drug-likeness (QED) is 0.0345. The van der Waals surface area contributed by atoms with E-state index >= 15 is 0 Å². The zero-order chi connectivity index (χ0) is 52.0. The molecular formula is C67H122O5. The Balaban J connectivity index is 4.28. The van der Waals surface area contributed by atoms with Crippen LogP contribution < -0.4 is 0 Å². The molecular weight excluding hydrogens is 885 g/mol. The summed E-state index contributed by atoms with van der Waals surface area (Å²) in [5.74, 6) is -0.396. The van der Waals surface area contributed by atoms with Crippen LogP contribution in [0.15, 0.2) is 60.8 Å². The predicted octanol–water partition coefficient (Wildman–Crippen LogP) is 22.0. The summed E-state index contributed by atoms with van der Waals surface area (Å²) >= 11 is 0. The van der Waals surface area contributed by atoms with E-state index in [9.17, 15) is 9.59 Å². The van der Waals surface area contributed by atoms with Gasteiger partial charge in [-0.3, -0.25) is 9.59 Å². The minimum Gasteiger partial charge on any atom is -0.462 e. The minimum absolute atomic E-state index is 0.0793. The maximum atomic E-state index is 12.9. The number of rotatable bonds is 59. The van der Waals surface area contributed by atoms with Gasteiger partial charge in [0.15, 0.2) is 6.10 Å². The zero-order valence-corrected chi connectivity index (χ0v) is 48.5. The maximum absolute atomic E-state index is 12.9. The number of esters is 2. The number of ether oxygens (including phenoxy) is 3. The highest BCUT2D eigenvalue weighted by molar-refractivity contribution is 5.70. The van der Waals surface area contributed by atoms with E-state index in [4.69, 9.17) is 14.2 Å². The Kier molecular flexibility index (Phi) is 60.8. The zero-order valence-electron chi connectivity index (χ0n) is 48.5. The van der Waals surface area contributed by atoms with Crippen molar-refractivity contribution in [3.63, 3.8) is 0 Å². The fourth-order valence-corrected chi connectivity index (χ4v) is 9.32. The molecule has 0 aromatic heterocycles. The molecule has 0 saturated heterocycles. The van der Waals surface area contributed by atoms with Gasteiger partial charge in [-0.05, 0) is 83.5 Å². The lowest BCUT2D eigenvalue weighted by atomic mass is 10.0. The summed E-state index contributed by atoms with van der Waals surface area (Å²) in [6.45, 7) is 7.75. The van der Waals surface area contributed by atoms with Crippen LogP contribution in [-0.4, -0.2) is 37.9 Å². The van der Waals surface area contributed by atoms with Gasteiger partial charge in [0.1, 0.15) is 6.61 Å². The third-order valence-electron chi connectivity index (χ3n) is 14.0. The van der Waals surface area contributed by atoms with Gasteiger partial charge in [-0.15, -0.1) is 0 Å². The normalized spacial score (nSPS) is 12.5. The van der Waals surface area contributed by atoms with Crippen molar-refractivity contribution in [3.05, 3.63) is 60.8 Å². The van der Waals surface area contributed by atoms with E-state index in [-0.39, 0.29) is 25.2 Å². The van der Waals surface area contributed by atoms with Gasteiger partial charge in [-0.1, -0.05) is 293 Å². The van der Waals surface area contributed by atoms with Gasteiger partial charge in [0.2, 0.25) is 0 Å². The van der Waals surface area contributed by atoms with Crippen LogP contribution in [-0.2, 0) is 23.8 Å². The van der Waals surface area contributed by atoms with E-state index in [2.05, 4.69) is 81.5 Å². The second kappa shape index (κ2) is 62.9. The molecule has 0 aliphatic carbocycles. The maximum Gasteiger partial charge on any atom is 0.306 e. The number of carbonyl (C=O) groups is 2. The molecule has 5 heteroatoms. The van der Waals surface area contributed by atoms with Crippen molar-refractivity contribution in [1.29, 1.82) is 0 Å². The number of hydrogen-bond donors (Lipinski definition) is 0. The molecule has 72 heavy (non-hydrogen) atoms. The number of allylic oxidation sites excluding steroid dienone is 10. The van der Waals surface area contributed by atoms with Gasteiger partial charge in [-0.2, -0.15) is 0 Å². The molecule has 0 rings (SSSR count). The third-order valence-corrected chi connectivity index (χ3v) is 14.0. The average Bonchev–Trinajstić information content (AvgIpc) is 3.38. The fraction of sp³-hybridized carbons (Fsp3) is 0.821. The summed E-state index contributed by atoms with van der Waals surface area (Å²) < 4.78 is 17.5. The fourth-order valence-electron chi connectivity index (χ4n) is 9.32. The molecule has 0 aromatic carbocycles. The van der Waals surface area contributed by atoms with Gasteiger partial charge < -0.3 is 14.2 Å². The average molecular weight is 1010 g/mol. The molecule has 0 radical (unpaired) electrons. The molecule has 0 aromatic rings. The van der Waals surface area contributed by atoms with E-state index in [1.807, 2.05) is 0 Å². The molecule has 0 bridgehead atoms. The van der Waals surface area contributed by atoms with Crippen molar-refractivity contribution in [3.8, 4) is 0 Å². The standard InChI is InChI=1S/C67H122O5/c1-4-7-10-13-16-19-22-25-28-31-34-36-39-42-45-48-51-54-57-60-66(68)71-64-65(63-70-62-59-56-53-50-47-44-41-38-33-30-27-24-21-18-15-12-9-6-3)72-67(69)61-58-55-52-49-46-43-40-37-35-32-29-26-23-20-17-14-11-8-5-2/h7,10,16,19,25,27-28,30,34,36,65H,4-6,8-9,11-15,17-18,20-24,26,29,31-33,35,37-64H2,1-3H3/b10-7-,19-16-,28-25-,30-27-,36-34-. The minimum atomic E-state index is -0.544. The van der Waals surface area contributed by atoms with Crippen LogP contribution in [0.1, 0.15) is 329 Å². The summed E-state index contributed by atoms with van der Waals surface area (Å²) in [4.78, 5) is 25.6.